The van der Waals surface area contributed by atoms with Gasteiger partial charge in [-0.05, 0) is 139 Å². The van der Waals surface area contributed by atoms with Crippen molar-refractivity contribution in [3.63, 3.8) is 0 Å². The van der Waals surface area contributed by atoms with Gasteiger partial charge in [-0.15, -0.1) is 0 Å². The number of fused-ring (bicyclic) bond motifs is 19. The fourth-order valence-corrected chi connectivity index (χ4v) is 9.72. The average molecular weight is 709 g/mol. The van der Waals surface area contributed by atoms with Crippen LogP contribution in [0.5, 0.6) is 0 Å². The van der Waals surface area contributed by atoms with E-state index in [-0.39, 0.29) is 0 Å². The third kappa shape index (κ3) is 4.16. The molecule has 0 amide bonds. The molecule has 0 fully saturated rings. The van der Waals surface area contributed by atoms with Crippen LogP contribution in [-0.4, -0.2) is 8.97 Å². The molecule has 13 rings (SSSR count). The van der Waals surface area contributed by atoms with E-state index in [0.717, 1.165) is 5.69 Å². The molecule has 0 N–H and O–H groups in total. The van der Waals surface area contributed by atoms with Crippen molar-refractivity contribution in [2.75, 3.05) is 0 Å². The Morgan fingerprint density at radius 3 is 1.18 bits per heavy atom. The number of aromatic nitrogens is 2. The van der Waals surface area contributed by atoms with Gasteiger partial charge in [0, 0.05) is 38.0 Å². The zero-order valence-corrected chi connectivity index (χ0v) is 30.4. The van der Waals surface area contributed by atoms with Crippen LogP contribution in [0.3, 0.4) is 0 Å². The first-order valence-corrected chi connectivity index (χ1v) is 19.4. The molecule has 258 valence electrons. The third-order valence-electron chi connectivity index (χ3n) is 12.3. The van der Waals surface area contributed by atoms with Gasteiger partial charge in [-0.3, -0.25) is 0 Å². The second kappa shape index (κ2) is 11.1. The summed E-state index contributed by atoms with van der Waals surface area (Å²) in [7, 11) is 0. The highest BCUT2D eigenvalue weighted by molar-refractivity contribution is 6.26. The summed E-state index contributed by atoms with van der Waals surface area (Å²) in [4.78, 5) is 0. The smallest absolute Gasteiger partial charge is 0.0620 e. The Labute approximate surface area is 321 Å². The molecular weight excluding hydrogens is 677 g/mol. The minimum Gasteiger partial charge on any atom is -0.309 e. The molecule has 0 saturated carbocycles. The van der Waals surface area contributed by atoms with Crippen LogP contribution in [0, 0.1) is 0 Å². The zero-order chi connectivity index (χ0) is 36.5. The highest BCUT2D eigenvalue weighted by Crippen LogP contribution is 2.42. The summed E-state index contributed by atoms with van der Waals surface area (Å²) in [6.45, 7) is 0. The van der Waals surface area contributed by atoms with Gasteiger partial charge >= 0.3 is 0 Å². The molecule has 3 heterocycles. The number of nitrogens with zero attached hydrogens (tertiary/aromatic N) is 2. The average Bonchev–Trinajstić information content (AvgIpc) is 3.90. The molecule has 0 aliphatic heterocycles. The topological polar surface area (TPSA) is 9.34 Å². The second-order valence-electron chi connectivity index (χ2n) is 15.4. The Balaban J connectivity index is 1.26. The standard InChI is InChI=1S/C54H32N2/c1-2-15-43(16-3-1)55-51-22-19-39-28-45(51)46-30-41(21-23-52(46)55)42-31-48-44-17-4-5-18-50(44)56-53-24-20-40(29-47(53)49(32-42)54(48)56)38-14-8-12-36(27-38)34-10-6-9-33(25-34)35-11-7-13-37(39)26-35/h1-32H. The van der Waals surface area contributed by atoms with E-state index < -0.39 is 0 Å². The van der Waals surface area contributed by atoms with Gasteiger partial charge in [-0.1, -0.05) is 109 Å². The zero-order valence-electron chi connectivity index (χ0n) is 30.4. The fraction of sp³-hybridized carbons (Fsp3) is 0. The lowest BCUT2D eigenvalue weighted by atomic mass is 10.0. The van der Waals surface area contributed by atoms with E-state index in [1.165, 1.54) is 114 Å². The van der Waals surface area contributed by atoms with E-state index in [2.05, 4.69) is 203 Å². The fourth-order valence-electron chi connectivity index (χ4n) is 9.72. The van der Waals surface area contributed by atoms with Gasteiger partial charge in [0.05, 0.1) is 27.6 Å². The number of para-hydroxylation sites is 2. The molecule has 13 aromatic rings. The summed E-state index contributed by atoms with van der Waals surface area (Å²) in [5, 5.41) is 19.8. The largest absolute Gasteiger partial charge is 0.309 e. The first-order chi connectivity index (χ1) is 27.7. The summed E-state index contributed by atoms with van der Waals surface area (Å²) in [5.74, 6) is 0. The van der Waals surface area contributed by atoms with E-state index in [0.29, 0.717) is 0 Å². The van der Waals surface area contributed by atoms with E-state index in [4.69, 9.17) is 0 Å². The Morgan fingerprint density at radius 1 is 0.232 bits per heavy atom. The van der Waals surface area contributed by atoms with Crippen LogP contribution >= 0.6 is 0 Å². The van der Waals surface area contributed by atoms with Crippen molar-refractivity contribution in [1.82, 2.24) is 8.97 Å². The highest BCUT2D eigenvalue weighted by atomic mass is 15.0. The van der Waals surface area contributed by atoms with Gasteiger partial charge < -0.3 is 8.97 Å². The molecule has 0 atom stereocenters. The third-order valence-corrected chi connectivity index (χ3v) is 12.3. The molecule has 10 aromatic carbocycles. The number of benzene rings is 9. The molecule has 0 aliphatic rings. The maximum atomic E-state index is 2.48. The molecule has 2 heteroatoms. The Morgan fingerprint density at radius 2 is 0.625 bits per heavy atom. The first-order valence-electron chi connectivity index (χ1n) is 19.4. The number of hydrogen-bond donors (Lipinski definition) is 0. The van der Waals surface area contributed by atoms with Gasteiger partial charge in [-0.2, -0.15) is 0 Å². The summed E-state index contributed by atoms with van der Waals surface area (Å²) in [5.41, 5.74) is 7.35. The molecular formula is C54H32N2. The predicted octanol–water partition coefficient (Wildman–Crippen LogP) is 14.8. The van der Waals surface area contributed by atoms with E-state index in [1.54, 1.807) is 0 Å². The molecule has 0 spiro atoms. The predicted molar refractivity (Wildman–Crippen MR) is 241 cm³/mol. The lowest BCUT2D eigenvalue weighted by molar-refractivity contribution is 1.18. The van der Waals surface area contributed by atoms with Crippen LogP contribution < -0.4 is 0 Å². The van der Waals surface area contributed by atoms with Crippen molar-refractivity contribution < 1.29 is 0 Å². The molecule has 0 unspecified atom stereocenters. The molecule has 2 nitrogen and oxygen atoms in total. The van der Waals surface area contributed by atoms with Gasteiger partial charge in [0.2, 0.25) is 0 Å². The highest BCUT2D eigenvalue weighted by Gasteiger charge is 2.19. The number of rotatable bonds is 1. The van der Waals surface area contributed by atoms with Crippen LogP contribution in [0.15, 0.2) is 194 Å². The summed E-state index contributed by atoms with van der Waals surface area (Å²) < 4.78 is 4.90. The van der Waals surface area contributed by atoms with Crippen molar-refractivity contribution in [3.05, 3.63) is 194 Å². The Bertz CT molecular complexity index is 3870. The van der Waals surface area contributed by atoms with E-state index >= 15 is 0 Å². The van der Waals surface area contributed by atoms with Crippen molar-refractivity contribution in [3.8, 4) is 5.69 Å². The molecule has 56 heavy (non-hydrogen) atoms. The van der Waals surface area contributed by atoms with Crippen LogP contribution in [0.4, 0.5) is 0 Å². The van der Waals surface area contributed by atoms with Crippen LogP contribution in [0.1, 0.15) is 0 Å². The lowest BCUT2D eigenvalue weighted by Gasteiger charge is -2.07. The van der Waals surface area contributed by atoms with Crippen molar-refractivity contribution in [2.45, 2.75) is 0 Å². The monoisotopic (exact) mass is 708 g/mol. The van der Waals surface area contributed by atoms with Gasteiger partial charge in [0.25, 0.3) is 0 Å². The van der Waals surface area contributed by atoms with Gasteiger partial charge in [0.15, 0.2) is 0 Å². The van der Waals surface area contributed by atoms with E-state index in [1.807, 2.05) is 0 Å². The maximum Gasteiger partial charge on any atom is 0.0620 e. The van der Waals surface area contributed by atoms with Gasteiger partial charge in [0.1, 0.15) is 0 Å². The van der Waals surface area contributed by atoms with Crippen molar-refractivity contribution in [1.29, 1.82) is 0 Å². The Hall–Kier alpha value is -7.42. The maximum absolute atomic E-state index is 2.48. The van der Waals surface area contributed by atoms with Crippen molar-refractivity contribution >= 4 is 114 Å². The van der Waals surface area contributed by atoms with E-state index in [9.17, 15) is 0 Å². The minimum absolute atomic E-state index is 1.16. The summed E-state index contributed by atoms with van der Waals surface area (Å²) in [6, 6.07) is 72.6. The lowest BCUT2D eigenvalue weighted by Crippen LogP contribution is -1.92. The minimum atomic E-state index is 1.16. The molecule has 0 aliphatic carbocycles. The summed E-state index contributed by atoms with van der Waals surface area (Å²) in [6.07, 6.45) is 0. The second-order valence-corrected chi connectivity index (χ2v) is 15.4. The normalized spacial score (nSPS) is 12.3. The number of hydrogen-bond acceptors (Lipinski definition) is 0. The molecule has 0 radical (unpaired) electrons. The molecule has 0 saturated heterocycles. The van der Waals surface area contributed by atoms with Gasteiger partial charge in [-0.25, -0.2) is 0 Å². The quantitative estimate of drug-likeness (QED) is 0.161. The summed E-state index contributed by atoms with van der Waals surface area (Å²) >= 11 is 0. The first kappa shape index (κ1) is 30.0. The molecule has 14 bridgehead atoms. The van der Waals surface area contributed by atoms with Crippen LogP contribution in [0.2, 0.25) is 0 Å². The SMILES string of the molecule is c1ccc(-n2c3ccc4cc3c3cc(ccc32)c2cc3c5ccccc5n5c6ccc(cc6c(c2)c35)c2cccc(c2)c2cccc(c2)c2cccc4c2)cc1. The molecule has 3 aromatic heterocycles. The van der Waals surface area contributed by atoms with Crippen molar-refractivity contribution in [2.24, 2.45) is 0 Å². The Kier molecular flexibility index (Phi) is 5.92. The van der Waals surface area contributed by atoms with Crippen LogP contribution in [0.25, 0.3) is 119 Å². The van der Waals surface area contributed by atoms with Crippen LogP contribution in [-0.2, 0) is 0 Å².